The maximum absolute atomic E-state index is 12.0. The maximum Gasteiger partial charge on any atom is 0.271 e. The molecule has 2 unspecified atom stereocenters. The van der Waals surface area contributed by atoms with E-state index in [1.165, 1.54) is 6.20 Å². The minimum atomic E-state index is -0.169. The van der Waals surface area contributed by atoms with Gasteiger partial charge in [0.15, 0.2) is 0 Å². The third-order valence-corrected chi connectivity index (χ3v) is 3.30. The van der Waals surface area contributed by atoms with Crippen molar-refractivity contribution in [2.75, 3.05) is 19.0 Å². The molecular formula is C13H20N4O2. The molecule has 0 aromatic carbocycles. The number of hydrogen-bond acceptors (Lipinski definition) is 5. The lowest BCUT2D eigenvalue weighted by molar-refractivity contribution is 0.0910. The van der Waals surface area contributed by atoms with Crippen LogP contribution in [0.3, 0.4) is 0 Å². The Bertz CT molecular complexity index is 421. The Morgan fingerprint density at radius 2 is 2.26 bits per heavy atom. The molecule has 1 aliphatic carbocycles. The summed E-state index contributed by atoms with van der Waals surface area (Å²) in [7, 11) is 1.71. The molecule has 1 aromatic rings. The molecule has 19 heavy (non-hydrogen) atoms. The van der Waals surface area contributed by atoms with E-state index in [1.807, 2.05) is 6.92 Å². The molecule has 0 bridgehead atoms. The summed E-state index contributed by atoms with van der Waals surface area (Å²) in [4.78, 5) is 20.2. The number of amides is 1. The highest BCUT2D eigenvalue weighted by Gasteiger charge is 2.26. The van der Waals surface area contributed by atoms with Gasteiger partial charge in [-0.1, -0.05) is 0 Å². The first-order valence-electron chi connectivity index (χ1n) is 6.62. The van der Waals surface area contributed by atoms with E-state index < -0.39 is 0 Å². The molecule has 1 amide bonds. The fourth-order valence-electron chi connectivity index (χ4n) is 2.26. The molecule has 2 atom stereocenters. The molecule has 1 aliphatic rings. The molecule has 1 saturated carbocycles. The van der Waals surface area contributed by atoms with Gasteiger partial charge in [-0.25, -0.2) is 9.97 Å². The number of anilines is 1. The van der Waals surface area contributed by atoms with E-state index in [1.54, 1.807) is 13.3 Å². The van der Waals surface area contributed by atoms with E-state index in [4.69, 9.17) is 4.74 Å². The quantitative estimate of drug-likeness (QED) is 0.836. The lowest BCUT2D eigenvalue weighted by Crippen LogP contribution is -2.34. The lowest BCUT2D eigenvalue weighted by Gasteiger charge is -2.12. The minimum Gasteiger partial charge on any atom is -0.381 e. The van der Waals surface area contributed by atoms with Gasteiger partial charge in [0, 0.05) is 19.7 Å². The first kappa shape index (κ1) is 13.7. The topological polar surface area (TPSA) is 76.1 Å². The van der Waals surface area contributed by atoms with Crippen LogP contribution in [0.4, 0.5) is 5.82 Å². The Labute approximate surface area is 113 Å². The highest BCUT2D eigenvalue weighted by atomic mass is 16.5. The van der Waals surface area contributed by atoms with Gasteiger partial charge in [-0.15, -0.1) is 0 Å². The summed E-state index contributed by atoms with van der Waals surface area (Å²) < 4.78 is 5.28. The standard InChI is InChI=1S/C13H20N4O2/c1-3-14-12-8-15-11(7-16-12)13(18)17-9-4-5-10(6-9)19-2/h7-10H,3-6H2,1-2H3,(H,14,16)(H,17,18). The second-order valence-electron chi connectivity index (χ2n) is 4.66. The lowest BCUT2D eigenvalue weighted by atomic mass is 10.2. The molecule has 0 saturated heterocycles. The smallest absolute Gasteiger partial charge is 0.271 e. The molecule has 2 N–H and O–H groups in total. The Balaban J connectivity index is 1.89. The van der Waals surface area contributed by atoms with Crippen molar-refractivity contribution in [2.45, 2.75) is 38.3 Å². The van der Waals surface area contributed by atoms with Gasteiger partial charge in [0.25, 0.3) is 5.91 Å². The normalized spacial score (nSPS) is 22.2. The van der Waals surface area contributed by atoms with E-state index >= 15 is 0 Å². The van der Waals surface area contributed by atoms with Gasteiger partial charge in [0.1, 0.15) is 11.5 Å². The fraction of sp³-hybridized carbons (Fsp3) is 0.615. The summed E-state index contributed by atoms with van der Waals surface area (Å²) >= 11 is 0. The number of hydrogen-bond donors (Lipinski definition) is 2. The summed E-state index contributed by atoms with van der Waals surface area (Å²) in [5.74, 6) is 0.511. The molecule has 104 valence electrons. The first-order chi connectivity index (χ1) is 9.22. The van der Waals surface area contributed by atoms with Crippen molar-refractivity contribution in [3.05, 3.63) is 18.1 Å². The van der Waals surface area contributed by atoms with Gasteiger partial charge in [0.2, 0.25) is 0 Å². The third kappa shape index (κ3) is 3.64. The van der Waals surface area contributed by atoms with Crippen LogP contribution in [0, 0.1) is 0 Å². The van der Waals surface area contributed by atoms with Crippen LogP contribution in [0.2, 0.25) is 0 Å². The molecule has 0 aliphatic heterocycles. The molecule has 6 heteroatoms. The number of nitrogens with zero attached hydrogens (tertiary/aromatic N) is 2. The Hall–Kier alpha value is -1.69. The van der Waals surface area contributed by atoms with Gasteiger partial charge in [-0.2, -0.15) is 0 Å². The monoisotopic (exact) mass is 264 g/mol. The molecule has 6 nitrogen and oxygen atoms in total. The summed E-state index contributed by atoms with van der Waals surface area (Å²) in [6, 6.07) is 0.174. The van der Waals surface area contributed by atoms with Crippen LogP contribution in [0.15, 0.2) is 12.4 Å². The van der Waals surface area contributed by atoms with Crippen LogP contribution in [-0.2, 0) is 4.74 Å². The average Bonchev–Trinajstić information content (AvgIpc) is 2.87. The average molecular weight is 264 g/mol. The molecule has 0 radical (unpaired) electrons. The number of rotatable bonds is 5. The Kier molecular flexibility index (Phi) is 4.68. The van der Waals surface area contributed by atoms with Crippen molar-refractivity contribution in [2.24, 2.45) is 0 Å². The van der Waals surface area contributed by atoms with Gasteiger partial charge in [-0.05, 0) is 26.2 Å². The van der Waals surface area contributed by atoms with E-state index in [9.17, 15) is 4.79 Å². The molecule has 2 rings (SSSR count). The van der Waals surface area contributed by atoms with Gasteiger partial charge >= 0.3 is 0 Å². The number of ether oxygens (including phenoxy) is 1. The molecule has 1 aromatic heterocycles. The fourth-order valence-corrected chi connectivity index (χ4v) is 2.26. The van der Waals surface area contributed by atoms with Crippen molar-refractivity contribution >= 4 is 11.7 Å². The Morgan fingerprint density at radius 3 is 2.84 bits per heavy atom. The van der Waals surface area contributed by atoms with Crippen LogP contribution in [0.25, 0.3) is 0 Å². The Morgan fingerprint density at radius 1 is 1.42 bits per heavy atom. The predicted octanol–water partition coefficient (Wildman–Crippen LogP) is 1.21. The predicted molar refractivity (Wildman–Crippen MR) is 72.1 cm³/mol. The zero-order valence-corrected chi connectivity index (χ0v) is 11.3. The van der Waals surface area contributed by atoms with Crippen molar-refractivity contribution in [3.63, 3.8) is 0 Å². The molecule has 1 fully saturated rings. The zero-order valence-electron chi connectivity index (χ0n) is 11.3. The van der Waals surface area contributed by atoms with Gasteiger partial charge in [-0.3, -0.25) is 4.79 Å². The number of carbonyl (C=O) groups excluding carboxylic acids is 1. The zero-order chi connectivity index (χ0) is 13.7. The van der Waals surface area contributed by atoms with Crippen molar-refractivity contribution in [1.29, 1.82) is 0 Å². The van der Waals surface area contributed by atoms with Crippen molar-refractivity contribution < 1.29 is 9.53 Å². The van der Waals surface area contributed by atoms with Gasteiger partial charge < -0.3 is 15.4 Å². The summed E-state index contributed by atoms with van der Waals surface area (Å²) in [5, 5.41) is 6.01. The van der Waals surface area contributed by atoms with Crippen LogP contribution in [-0.4, -0.2) is 41.7 Å². The highest BCUT2D eigenvalue weighted by molar-refractivity contribution is 5.92. The minimum absolute atomic E-state index is 0.169. The number of nitrogens with one attached hydrogen (secondary N) is 2. The SMILES string of the molecule is CCNc1cnc(C(=O)NC2CCC(OC)C2)cn1. The summed E-state index contributed by atoms with van der Waals surface area (Å²) in [5.41, 5.74) is 0.350. The van der Waals surface area contributed by atoms with Crippen LogP contribution in [0.5, 0.6) is 0 Å². The molecular weight excluding hydrogens is 244 g/mol. The third-order valence-electron chi connectivity index (χ3n) is 3.30. The van der Waals surface area contributed by atoms with Crippen LogP contribution >= 0.6 is 0 Å². The van der Waals surface area contributed by atoms with Crippen molar-refractivity contribution in [3.8, 4) is 0 Å². The number of aromatic nitrogens is 2. The molecule has 0 spiro atoms. The second kappa shape index (κ2) is 6.47. The van der Waals surface area contributed by atoms with Crippen LogP contribution in [0.1, 0.15) is 36.7 Å². The van der Waals surface area contributed by atoms with Crippen molar-refractivity contribution in [1.82, 2.24) is 15.3 Å². The highest BCUT2D eigenvalue weighted by Crippen LogP contribution is 2.21. The first-order valence-corrected chi connectivity index (χ1v) is 6.62. The van der Waals surface area contributed by atoms with E-state index in [-0.39, 0.29) is 18.1 Å². The molecule has 1 heterocycles. The number of carbonyl (C=O) groups is 1. The summed E-state index contributed by atoms with van der Waals surface area (Å²) in [6.45, 7) is 2.76. The van der Waals surface area contributed by atoms with Gasteiger partial charge in [0.05, 0.1) is 18.5 Å². The van der Waals surface area contributed by atoms with E-state index in [2.05, 4.69) is 20.6 Å². The van der Waals surface area contributed by atoms with Crippen LogP contribution < -0.4 is 10.6 Å². The largest absolute Gasteiger partial charge is 0.381 e. The van der Waals surface area contributed by atoms with E-state index in [0.29, 0.717) is 11.5 Å². The number of methoxy groups -OCH3 is 1. The van der Waals surface area contributed by atoms with E-state index in [0.717, 1.165) is 25.8 Å². The second-order valence-corrected chi connectivity index (χ2v) is 4.66. The summed E-state index contributed by atoms with van der Waals surface area (Å²) in [6.07, 6.45) is 6.14. The maximum atomic E-state index is 12.0.